The first-order chi connectivity index (χ1) is 7.63. The van der Waals surface area contributed by atoms with Gasteiger partial charge in [-0.1, -0.05) is 6.42 Å². The van der Waals surface area contributed by atoms with Gasteiger partial charge in [-0.2, -0.15) is 0 Å². The fourth-order valence-corrected chi connectivity index (χ4v) is 2.12. The van der Waals surface area contributed by atoms with Crippen molar-refractivity contribution in [3.05, 3.63) is 28.0 Å². The fraction of sp³-hybridized carbons (Fsp3) is 0.417. The molecule has 1 fully saturated rings. The number of benzene rings is 1. The molecule has 0 aromatic heterocycles. The monoisotopic (exact) mass is 286 g/mol. The second-order valence-electron chi connectivity index (χ2n) is 3.96. The molecule has 1 aliphatic rings. The van der Waals surface area contributed by atoms with Crippen LogP contribution in [0.3, 0.4) is 0 Å². The molecule has 1 aliphatic carbocycles. The van der Waals surface area contributed by atoms with Crippen molar-refractivity contribution < 1.29 is 13.9 Å². The van der Waals surface area contributed by atoms with Gasteiger partial charge in [0.1, 0.15) is 11.6 Å². The lowest BCUT2D eigenvalue weighted by Crippen LogP contribution is -2.22. The van der Waals surface area contributed by atoms with Gasteiger partial charge in [-0.3, -0.25) is 4.79 Å². The van der Waals surface area contributed by atoms with Crippen LogP contribution in [0.25, 0.3) is 0 Å². The molecule has 0 radical (unpaired) electrons. The van der Waals surface area contributed by atoms with Crippen LogP contribution in [0.15, 0.2) is 16.6 Å². The van der Waals surface area contributed by atoms with E-state index in [4.69, 9.17) is 4.74 Å². The van der Waals surface area contributed by atoms with E-state index in [-0.39, 0.29) is 11.7 Å². The van der Waals surface area contributed by atoms with E-state index >= 15 is 0 Å². The summed E-state index contributed by atoms with van der Waals surface area (Å²) in [5, 5.41) is 0. The molecule has 1 saturated carbocycles. The number of ketones is 1. The van der Waals surface area contributed by atoms with Crippen molar-refractivity contribution in [3.8, 4) is 5.75 Å². The summed E-state index contributed by atoms with van der Waals surface area (Å²) >= 11 is 3.08. The largest absolute Gasteiger partial charge is 0.496 e. The normalized spacial score (nSPS) is 15.7. The average Bonchev–Trinajstić information content (AvgIpc) is 2.18. The van der Waals surface area contributed by atoms with Crippen LogP contribution in [0, 0.1) is 11.7 Å². The first kappa shape index (κ1) is 11.6. The van der Waals surface area contributed by atoms with Gasteiger partial charge in [-0.25, -0.2) is 4.39 Å². The number of carbonyl (C=O) groups excluding carboxylic acids is 1. The number of carbonyl (C=O) groups is 1. The Hall–Kier alpha value is -0.900. The summed E-state index contributed by atoms with van der Waals surface area (Å²) in [7, 11) is 1.44. The molecular weight excluding hydrogens is 275 g/mol. The molecule has 0 heterocycles. The fourth-order valence-electron chi connectivity index (χ4n) is 1.78. The molecular formula is C12H12BrFO2. The number of ether oxygens (including phenoxy) is 1. The van der Waals surface area contributed by atoms with Gasteiger partial charge in [0.15, 0.2) is 5.78 Å². The zero-order valence-corrected chi connectivity index (χ0v) is 10.5. The predicted molar refractivity (Wildman–Crippen MR) is 62.3 cm³/mol. The standard InChI is InChI=1S/C12H12BrFO2/c1-16-11-6-10(14)9(13)5-8(11)12(15)7-3-2-4-7/h5-7H,2-4H2,1H3. The van der Waals surface area contributed by atoms with Gasteiger partial charge in [-0.15, -0.1) is 0 Å². The molecule has 0 unspecified atom stereocenters. The lowest BCUT2D eigenvalue weighted by molar-refractivity contribution is 0.0852. The number of Topliss-reactive ketones (excluding diaryl/α,β-unsaturated/α-hetero) is 1. The zero-order valence-electron chi connectivity index (χ0n) is 8.93. The van der Waals surface area contributed by atoms with Crippen molar-refractivity contribution >= 4 is 21.7 Å². The van der Waals surface area contributed by atoms with Gasteiger partial charge in [0, 0.05) is 12.0 Å². The second kappa shape index (κ2) is 4.53. The van der Waals surface area contributed by atoms with Crippen molar-refractivity contribution in [1.82, 2.24) is 0 Å². The van der Waals surface area contributed by atoms with Crippen molar-refractivity contribution in [2.24, 2.45) is 5.92 Å². The summed E-state index contributed by atoms with van der Waals surface area (Å²) < 4.78 is 18.6. The lowest BCUT2D eigenvalue weighted by Gasteiger charge is -2.24. The Balaban J connectivity index is 2.37. The first-order valence-electron chi connectivity index (χ1n) is 5.20. The van der Waals surface area contributed by atoms with Crippen LogP contribution >= 0.6 is 15.9 Å². The molecule has 1 aromatic carbocycles. The molecule has 86 valence electrons. The van der Waals surface area contributed by atoms with Gasteiger partial charge in [-0.05, 0) is 34.8 Å². The third-order valence-corrected chi connectivity index (χ3v) is 3.59. The first-order valence-corrected chi connectivity index (χ1v) is 6.00. The highest BCUT2D eigenvalue weighted by Crippen LogP contribution is 2.34. The molecule has 2 nitrogen and oxygen atoms in total. The summed E-state index contributed by atoms with van der Waals surface area (Å²) in [6.07, 6.45) is 2.95. The number of rotatable bonds is 3. The highest BCUT2D eigenvalue weighted by molar-refractivity contribution is 9.10. The summed E-state index contributed by atoms with van der Waals surface area (Å²) in [6.45, 7) is 0. The van der Waals surface area contributed by atoms with E-state index in [2.05, 4.69) is 15.9 Å². The van der Waals surface area contributed by atoms with Crippen LogP contribution in [-0.2, 0) is 0 Å². The van der Waals surface area contributed by atoms with Gasteiger partial charge in [0.25, 0.3) is 0 Å². The third-order valence-electron chi connectivity index (χ3n) is 2.98. The Morgan fingerprint density at radius 2 is 2.19 bits per heavy atom. The summed E-state index contributed by atoms with van der Waals surface area (Å²) in [4.78, 5) is 12.0. The molecule has 2 rings (SSSR count). The highest BCUT2D eigenvalue weighted by atomic mass is 79.9. The summed E-state index contributed by atoms with van der Waals surface area (Å²) in [5.41, 5.74) is 0.473. The molecule has 16 heavy (non-hydrogen) atoms. The van der Waals surface area contributed by atoms with E-state index in [1.54, 1.807) is 0 Å². The van der Waals surface area contributed by atoms with Crippen molar-refractivity contribution in [2.75, 3.05) is 7.11 Å². The minimum Gasteiger partial charge on any atom is -0.496 e. The molecule has 0 spiro atoms. The number of hydrogen-bond acceptors (Lipinski definition) is 2. The molecule has 0 aliphatic heterocycles. The third kappa shape index (κ3) is 1.98. The minimum absolute atomic E-state index is 0.0591. The number of halogens is 2. The van der Waals surface area contributed by atoms with Crippen molar-refractivity contribution in [3.63, 3.8) is 0 Å². The van der Waals surface area contributed by atoms with Crippen LogP contribution < -0.4 is 4.74 Å². The van der Waals surface area contributed by atoms with Crippen LogP contribution in [0.1, 0.15) is 29.6 Å². The molecule has 4 heteroatoms. The number of hydrogen-bond donors (Lipinski definition) is 0. The molecule has 0 bridgehead atoms. The molecule has 1 aromatic rings. The molecule has 0 N–H and O–H groups in total. The topological polar surface area (TPSA) is 26.3 Å². The van der Waals surface area contributed by atoms with E-state index in [0.717, 1.165) is 19.3 Å². The van der Waals surface area contributed by atoms with Gasteiger partial charge in [0.2, 0.25) is 0 Å². The minimum atomic E-state index is -0.415. The second-order valence-corrected chi connectivity index (χ2v) is 4.81. The Labute approximate surface area is 102 Å². The Morgan fingerprint density at radius 3 is 2.69 bits per heavy atom. The maximum absolute atomic E-state index is 13.3. The molecule has 0 saturated heterocycles. The molecule has 0 atom stereocenters. The predicted octanol–water partition coefficient (Wildman–Crippen LogP) is 3.58. The maximum Gasteiger partial charge on any atom is 0.169 e. The van der Waals surface area contributed by atoms with E-state index in [9.17, 15) is 9.18 Å². The quantitative estimate of drug-likeness (QED) is 0.794. The summed E-state index contributed by atoms with van der Waals surface area (Å²) in [6, 6.07) is 2.75. The smallest absolute Gasteiger partial charge is 0.169 e. The SMILES string of the molecule is COc1cc(F)c(Br)cc1C(=O)C1CCC1. The van der Waals surface area contributed by atoms with Crippen LogP contribution in [0.5, 0.6) is 5.75 Å². The summed E-state index contributed by atoms with van der Waals surface area (Å²) in [5.74, 6) is 0.0506. The Kier molecular flexibility index (Phi) is 3.28. The average molecular weight is 287 g/mol. The van der Waals surface area contributed by atoms with E-state index in [1.807, 2.05) is 0 Å². The van der Waals surface area contributed by atoms with E-state index < -0.39 is 5.82 Å². The maximum atomic E-state index is 13.3. The van der Waals surface area contributed by atoms with E-state index in [0.29, 0.717) is 15.8 Å². The number of methoxy groups -OCH3 is 1. The van der Waals surface area contributed by atoms with Crippen LogP contribution in [0.4, 0.5) is 4.39 Å². The van der Waals surface area contributed by atoms with Crippen molar-refractivity contribution in [1.29, 1.82) is 0 Å². The zero-order chi connectivity index (χ0) is 11.7. The van der Waals surface area contributed by atoms with E-state index in [1.165, 1.54) is 19.2 Å². The lowest BCUT2D eigenvalue weighted by atomic mass is 9.80. The Bertz CT molecular complexity index is 427. The van der Waals surface area contributed by atoms with Gasteiger partial charge in [0.05, 0.1) is 17.1 Å². The van der Waals surface area contributed by atoms with Crippen LogP contribution in [-0.4, -0.2) is 12.9 Å². The van der Waals surface area contributed by atoms with Crippen molar-refractivity contribution in [2.45, 2.75) is 19.3 Å². The Morgan fingerprint density at radius 1 is 1.50 bits per heavy atom. The van der Waals surface area contributed by atoms with Crippen LogP contribution in [0.2, 0.25) is 0 Å². The van der Waals surface area contributed by atoms with Gasteiger partial charge < -0.3 is 4.74 Å². The molecule has 0 amide bonds. The van der Waals surface area contributed by atoms with Gasteiger partial charge >= 0.3 is 0 Å². The highest BCUT2D eigenvalue weighted by Gasteiger charge is 2.28.